The van der Waals surface area contributed by atoms with Gasteiger partial charge in [0.25, 0.3) is 0 Å². The molecule has 0 saturated carbocycles. The SMILES string of the molecule is CC/C=C\C/C=C\C/C=C\C/C=C\CCCCC(=O)OCC(COC1OC(C(=O)O)C(O)C(O)C1O)OC(=O)CCCCCCCCCCCCCCCCCCCCCCCC. The van der Waals surface area contributed by atoms with E-state index >= 15 is 0 Å². The molecule has 0 spiro atoms. The van der Waals surface area contributed by atoms with Crippen LogP contribution in [0.2, 0.25) is 0 Å². The zero-order valence-electron chi connectivity index (χ0n) is 39.6. The molecule has 0 amide bonds. The standard InChI is InChI=1S/C52H90O11/c1-3-5-7-9-11-13-15-17-19-20-21-22-23-24-25-27-29-31-33-35-37-39-41-46(54)62-44(43-61-52-49(57)47(55)48(56)50(63-52)51(58)59)42-60-45(53)40-38-36-34-32-30-28-26-18-16-14-12-10-8-6-4-2/h6,8,12,14,18,26,30,32,44,47-50,52,55-57H,3-5,7,9-11,13,15-17,19-25,27-29,31,33-43H2,1-2H3,(H,58,59)/b8-6-,14-12-,26-18-,32-30-. The molecule has 0 bridgehead atoms. The van der Waals surface area contributed by atoms with Crippen molar-refractivity contribution in [3.8, 4) is 0 Å². The Bertz CT molecular complexity index is 1230. The Balaban J connectivity index is 2.31. The summed E-state index contributed by atoms with van der Waals surface area (Å²) in [5.74, 6) is -2.49. The first-order valence-corrected chi connectivity index (χ1v) is 25.2. The molecule has 63 heavy (non-hydrogen) atoms. The number of unbranched alkanes of at least 4 members (excludes halogenated alkanes) is 23. The summed E-state index contributed by atoms with van der Waals surface area (Å²) in [7, 11) is 0. The van der Waals surface area contributed by atoms with Crippen LogP contribution in [0, 0.1) is 0 Å². The number of carboxylic acids is 1. The smallest absolute Gasteiger partial charge is 0.335 e. The van der Waals surface area contributed by atoms with E-state index in [1.165, 1.54) is 116 Å². The summed E-state index contributed by atoms with van der Waals surface area (Å²) in [6.07, 6.45) is 41.7. The van der Waals surface area contributed by atoms with Gasteiger partial charge in [0, 0.05) is 12.8 Å². The maximum Gasteiger partial charge on any atom is 0.335 e. The molecule has 0 aromatic heterocycles. The second-order valence-electron chi connectivity index (χ2n) is 17.3. The van der Waals surface area contributed by atoms with Crippen LogP contribution >= 0.6 is 0 Å². The lowest BCUT2D eigenvalue weighted by Crippen LogP contribution is -2.60. The topological polar surface area (TPSA) is 169 Å². The Morgan fingerprint density at radius 2 is 0.937 bits per heavy atom. The number of carboxylic acid groups (broad SMARTS) is 1. The van der Waals surface area contributed by atoms with E-state index in [1.807, 2.05) is 0 Å². The molecular formula is C52H90O11. The fourth-order valence-electron chi connectivity index (χ4n) is 7.52. The zero-order chi connectivity index (χ0) is 46.0. The van der Waals surface area contributed by atoms with E-state index in [0.29, 0.717) is 12.8 Å². The Morgan fingerprint density at radius 3 is 1.41 bits per heavy atom. The molecule has 11 heteroatoms. The molecule has 6 unspecified atom stereocenters. The van der Waals surface area contributed by atoms with Gasteiger partial charge in [0.1, 0.15) is 24.9 Å². The van der Waals surface area contributed by atoms with Gasteiger partial charge in [-0.05, 0) is 51.4 Å². The Kier molecular flexibility index (Phi) is 38.6. The minimum absolute atomic E-state index is 0.176. The Labute approximate surface area is 382 Å². The average Bonchev–Trinajstić information content (AvgIpc) is 3.27. The number of carbonyl (C=O) groups excluding carboxylic acids is 2. The van der Waals surface area contributed by atoms with Crippen molar-refractivity contribution in [2.45, 2.75) is 250 Å². The number of carbonyl (C=O) groups is 3. The number of aliphatic carboxylic acids is 1. The van der Waals surface area contributed by atoms with Gasteiger partial charge in [-0.25, -0.2) is 4.79 Å². The van der Waals surface area contributed by atoms with Crippen molar-refractivity contribution in [3.05, 3.63) is 48.6 Å². The largest absolute Gasteiger partial charge is 0.479 e. The Hall–Kier alpha value is -2.83. The van der Waals surface area contributed by atoms with E-state index in [4.69, 9.17) is 18.9 Å². The van der Waals surface area contributed by atoms with Crippen molar-refractivity contribution in [1.82, 2.24) is 0 Å². The Morgan fingerprint density at radius 1 is 0.508 bits per heavy atom. The van der Waals surface area contributed by atoms with Gasteiger partial charge in [0.05, 0.1) is 6.61 Å². The van der Waals surface area contributed by atoms with Crippen LogP contribution in [-0.4, -0.2) is 88.4 Å². The third kappa shape index (κ3) is 33.3. The summed E-state index contributed by atoms with van der Waals surface area (Å²) in [5.41, 5.74) is 0. The maximum absolute atomic E-state index is 12.8. The zero-order valence-corrected chi connectivity index (χ0v) is 39.6. The van der Waals surface area contributed by atoms with Crippen LogP contribution in [0.5, 0.6) is 0 Å². The van der Waals surface area contributed by atoms with E-state index < -0.39 is 61.3 Å². The molecule has 11 nitrogen and oxygen atoms in total. The maximum atomic E-state index is 12.8. The van der Waals surface area contributed by atoms with Crippen LogP contribution in [0.15, 0.2) is 48.6 Å². The molecule has 1 rings (SSSR count). The minimum Gasteiger partial charge on any atom is -0.479 e. The van der Waals surface area contributed by atoms with Crippen LogP contribution in [0.3, 0.4) is 0 Å². The van der Waals surface area contributed by atoms with Crippen molar-refractivity contribution in [2.75, 3.05) is 13.2 Å². The van der Waals surface area contributed by atoms with Crippen LogP contribution in [0.25, 0.3) is 0 Å². The van der Waals surface area contributed by atoms with E-state index in [2.05, 4.69) is 62.5 Å². The highest BCUT2D eigenvalue weighted by Crippen LogP contribution is 2.23. The molecule has 1 aliphatic heterocycles. The molecule has 1 aliphatic rings. The first-order valence-electron chi connectivity index (χ1n) is 25.2. The molecule has 364 valence electrons. The fraction of sp³-hybridized carbons (Fsp3) is 0.788. The number of aliphatic hydroxyl groups is 3. The molecule has 1 fully saturated rings. The molecule has 0 aromatic carbocycles. The summed E-state index contributed by atoms with van der Waals surface area (Å²) in [6.45, 7) is 3.69. The van der Waals surface area contributed by atoms with Crippen LogP contribution < -0.4 is 0 Å². The first kappa shape index (κ1) is 58.2. The predicted molar refractivity (Wildman–Crippen MR) is 252 cm³/mol. The summed E-state index contributed by atoms with van der Waals surface area (Å²) in [5, 5.41) is 39.9. The molecular weight excluding hydrogens is 801 g/mol. The third-order valence-corrected chi connectivity index (χ3v) is 11.4. The van der Waals surface area contributed by atoms with Gasteiger partial charge in [-0.1, -0.05) is 197 Å². The monoisotopic (exact) mass is 891 g/mol. The summed E-state index contributed by atoms with van der Waals surface area (Å²) in [4.78, 5) is 36.9. The highest BCUT2D eigenvalue weighted by molar-refractivity contribution is 5.73. The normalized spacial score (nSPS) is 19.8. The quantitative estimate of drug-likeness (QED) is 0.0261. The van der Waals surface area contributed by atoms with Crippen molar-refractivity contribution in [2.24, 2.45) is 0 Å². The van der Waals surface area contributed by atoms with Crippen molar-refractivity contribution in [1.29, 1.82) is 0 Å². The van der Waals surface area contributed by atoms with Crippen LogP contribution in [0.1, 0.15) is 213 Å². The second kappa shape index (κ2) is 41.8. The van der Waals surface area contributed by atoms with Crippen LogP contribution in [0.4, 0.5) is 0 Å². The predicted octanol–water partition coefficient (Wildman–Crippen LogP) is 11.7. The number of rotatable bonds is 42. The molecule has 0 aromatic rings. The van der Waals surface area contributed by atoms with E-state index in [9.17, 15) is 34.8 Å². The second-order valence-corrected chi connectivity index (χ2v) is 17.3. The average molecular weight is 891 g/mol. The number of hydrogen-bond donors (Lipinski definition) is 4. The number of ether oxygens (including phenoxy) is 4. The van der Waals surface area contributed by atoms with Gasteiger partial charge in [0.15, 0.2) is 18.5 Å². The lowest BCUT2D eigenvalue weighted by atomic mass is 9.99. The van der Waals surface area contributed by atoms with E-state index in [-0.39, 0.29) is 19.4 Å². The van der Waals surface area contributed by atoms with Crippen molar-refractivity contribution in [3.63, 3.8) is 0 Å². The van der Waals surface area contributed by atoms with Gasteiger partial charge in [-0.15, -0.1) is 0 Å². The summed E-state index contributed by atoms with van der Waals surface area (Å²) >= 11 is 0. The van der Waals surface area contributed by atoms with Gasteiger partial charge in [-0.2, -0.15) is 0 Å². The lowest BCUT2D eigenvalue weighted by molar-refractivity contribution is -0.298. The fourth-order valence-corrected chi connectivity index (χ4v) is 7.52. The van der Waals surface area contributed by atoms with Crippen molar-refractivity contribution >= 4 is 17.9 Å². The highest BCUT2D eigenvalue weighted by Gasteiger charge is 2.47. The number of hydrogen-bond acceptors (Lipinski definition) is 10. The van der Waals surface area contributed by atoms with Gasteiger partial charge in [-0.3, -0.25) is 9.59 Å². The number of esters is 2. The molecule has 1 heterocycles. The van der Waals surface area contributed by atoms with E-state index in [1.54, 1.807) is 0 Å². The number of aliphatic hydroxyl groups excluding tert-OH is 3. The first-order chi connectivity index (χ1) is 30.7. The van der Waals surface area contributed by atoms with Crippen LogP contribution in [-0.2, 0) is 33.3 Å². The highest BCUT2D eigenvalue weighted by atomic mass is 16.7. The van der Waals surface area contributed by atoms with Gasteiger partial charge in [0.2, 0.25) is 0 Å². The van der Waals surface area contributed by atoms with Gasteiger partial charge < -0.3 is 39.4 Å². The molecule has 4 N–H and O–H groups in total. The van der Waals surface area contributed by atoms with Crippen molar-refractivity contribution < 1.29 is 53.8 Å². The lowest BCUT2D eigenvalue weighted by Gasteiger charge is -2.38. The third-order valence-electron chi connectivity index (χ3n) is 11.4. The molecule has 1 saturated heterocycles. The minimum atomic E-state index is -1.87. The molecule has 0 radical (unpaired) electrons. The van der Waals surface area contributed by atoms with E-state index in [0.717, 1.165) is 57.8 Å². The van der Waals surface area contributed by atoms with Gasteiger partial charge >= 0.3 is 17.9 Å². The number of allylic oxidation sites excluding steroid dienone is 8. The molecule has 0 aliphatic carbocycles. The molecule has 6 atom stereocenters. The summed E-state index contributed by atoms with van der Waals surface area (Å²) in [6, 6.07) is 0. The summed E-state index contributed by atoms with van der Waals surface area (Å²) < 4.78 is 21.8.